The third kappa shape index (κ3) is 4.06. The van der Waals surface area contributed by atoms with E-state index in [1.165, 1.54) is 16.7 Å². The second-order valence-corrected chi connectivity index (χ2v) is 7.97. The first-order valence-corrected chi connectivity index (χ1v) is 9.61. The van der Waals surface area contributed by atoms with Crippen molar-refractivity contribution < 1.29 is 4.79 Å². The number of nitrogens with one attached hydrogen (secondary N) is 1. The van der Waals surface area contributed by atoms with Gasteiger partial charge in [0, 0.05) is 25.4 Å². The summed E-state index contributed by atoms with van der Waals surface area (Å²) in [5.41, 5.74) is 4.99. The molecule has 0 saturated heterocycles. The summed E-state index contributed by atoms with van der Waals surface area (Å²) >= 11 is 12.3. The molecule has 0 unspecified atom stereocenters. The second kappa shape index (κ2) is 7.99. The molecule has 1 aliphatic carbocycles. The van der Waals surface area contributed by atoms with Crippen LogP contribution in [0.5, 0.6) is 0 Å². The second-order valence-electron chi connectivity index (χ2n) is 7.16. The van der Waals surface area contributed by atoms with Gasteiger partial charge in [-0.15, -0.1) is 0 Å². The average molecular weight is 391 g/mol. The lowest BCUT2D eigenvalue weighted by molar-refractivity contribution is -0.119. The number of amides is 1. The Kier molecular flexibility index (Phi) is 5.91. The molecule has 0 bridgehead atoms. The molecule has 2 aromatic carbocycles. The molecule has 5 heteroatoms. The Morgan fingerprint density at radius 2 is 1.85 bits per heavy atom. The van der Waals surface area contributed by atoms with E-state index in [1.54, 1.807) is 6.92 Å². The molecule has 3 rings (SSSR count). The maximum atomic E-state index is 11.2. The van der Waals surface area contributed by atoms with Gasteiger partial charge in [0.25, 0.3) is 0 Å². The fourth-order valence-electron chi connectivity index (χ4n) is 3.81. The first-order valence-electron chi connectivity index (χ1n) is 8.85. The van der Waals surface area contributed by atoms with Crippen molar-refractivity contribution in [1.82, 2.24) is 10.2 Å². The fraction of sp³-hybridized carbons (Fsp3) is 0.381. The molecule has 0 radical (unpaired) electrons. The van der Waals surface area contributed by atoms with E-state index < -0.39 is 0 Å². The first-order chi connectivity index (χ1) is 12.4. The quantitative estimate of drug-likeness (QED) is 0.781. The largest absolute Gasteiger partial charge is 0.352 e. The lowest BCUT2D eigenvalue weighted by Crippen LogP contribution is -2.27. The van der Waals surface area contributed by atoms with Gasteiger partial charge in [-0.05, 0) is 61.3 Å². The molecule has 138 valence electrons. The van der Waals surface area contributed by atoms with E-state index >= 15 is 0 Å². The zero-order valence-electron chi connectivity index (χ0n) is 15.4. The molecule has 0 aliphatic heterocycles. The number of hydrogen-bond acceptors (Lipinski definition) is 2. The molecule has 1 N–H and O–H groups in total. The van der Waals surface area contributed by atoms with E-state index in [2.05, 4.69) is 48.6 Å². The predicted molar refractivity (Wildman–Crippen MR) is 108 cm³/mol. The third-order valence-corrected chi connectivity index (χ3v) is 5.86. The Hall–Kier alpha value is -1.55. The molecule has 2 aromatic rings. The highest BCUT2D eigenvalue weighted by atomic mass is 35.5. The third-order valence-electron chi connectivity index (χ3n) is 5.13. The van der Waals surface area contributed by atoms with Gasteiger partial charge in [0.15, 0.2) is 0 Å². The lowest BCUT2D eigenvalue weighted by Gasteiger charge is -2.36. The molecule has 26 heavy (non-hydrogen) atoms. The van der Waals surface area contributed by atoms with E-state index in [9.17, 15) is 4.79 Å². The Labute approximate surface area is 165 Å². The summed E-state index contributed by atoms with van der Waals surface area (Å²) in [6, 6.07) is 12.9. The number of carbonyl (C=O) groups is 1. The van der Waals surface area contributed by atoms with Gasteiger partial charge in [-0.25, -0.2) is 0 Å². The summed E-state index contributed by atoms with van der Waals surface area (Å²) in [5, 5.41) is 4.07. The topological polar surface area (TPSA) is 32.3 Å². The molecule has 0 fully saturated rings. The first kappa shape index (κ1) is 19.2. The number of carbonyl (C=O) groups excluding carboxylic acids is 1. The zero-order chi connectivity index (χ0) is 18.8. The maximum Gasteiger partial charge on any atom is 0.217 e. The minimum atomic E-state index is -0.0134. The van der Waals surface area contributed by atoms with Crippen LogP contribution in [0.15, 0.2) is 36.4 Å². The van der Waals surface area contributed by atoms with Crippen LogP contribution < -0.4 is 5.32 Å². The number of halogens is 2. The zero-order valence-corrected chi connectivity index (χ0v) is 16.9. The molecule has 3 nitrogen and oxygen atoms in total. The van der Waals surface area contributed by atoms with E-state index in [0.717, 1.165) is 18.4 Å². The van der Waals surface area contributed by atoms with Gasteiger partial charge in [-0.1, -0.05) is 47.5 Å². The van der Waals surface area contributed by atoms with Crippen LogP contribution >= 0.6 is 23.2 Å². The Morgan fingerprint density at radius 1 is 1.08 bits per heavy atom. The number of rotatable bonds is 4. The van der Waals surface area contributed by atoms with Gasteiger partial charge in [0.2, 0.25) is 5.91 Å². The Balaban J connectivity index is 2.00. The number of fused-ring (bicyclic) bond motifs is 1. The molecule has 0 heterocycles. The molecule has 0 aromatic heterocycles. The molecule has 1 amide bonds. The van der Waals surface area contributed by atoms with Gasteiger partial charge in [-0.2, -0.15) is 0 Å². The van der Waals surface area contributed by atoms with Crippen LogP contribution in [0.4, 0.5) is 0 Å². The highest BCUT2D eigenvalue weighted by Crippen LogP contribution is 2.44. The van der Waals surface area contributed by atoms with E-state index in [0.29, 0.717) is 28.5 Å². The van der Waals surface area contributed by atoms with E-state index in [1.807, 2.05) is 12.1 Å². The lowest BCUT2D eigenvalue weighted by atomic mass is 9.76. The summed E-state index contributed by atoms with van der Waals surface area (Å²) in [6.45, 7) is 2.10. The van der Waals surface area contributed by atoms with Crippen molar-refractivity contribution >= 4 is 29.1 Å². The van der Waals surface area contributed by atoms with E-state index in [-0.39, 0.29) is 5.91 Å². The number of hydrogen-bond donors (Lipinski definition) is 1. The Morgan fingerprint density at radius 3 is 2.50 bits per heavy atom. The van der Waals surface area contributed by atoms with Crippen molar-refractivity contribution in [3.05, 3.63) is 68.7 Å². The van der Waals surface area contributed by atoms with Crippen LogP contribution in [-0.4, -0.2) is 24.9 Å². The smallest absolute Gasteiger partial charge is 0.217 e. The average Bonchev–Trinajstić information content (AvgIpc) is 2.61. The SMILES string of the molecule is CC(=O)NCc1ccc2c(c1)[C@@H](N(C)C)CC[C@H]2c1ccc(Cl)c(Cl)c1. The molecule has 0 spiro atoms. The van der Waals surface area contributed by atoms with Gasteiger partial charge in [0.1, 0.15) is 0 Å². The minimum absolute atomic E-state index is 0.0134. The molecule has 1 aliphatic rings. The molecular weight excluding hydrogens is 367 g/mol. The molecule has 0 saturated carbocycles. The van der Waals surface area contributed by atoms with Gasteiger partial charge in [0.05, 0.1) is 10.0 Å². The van der Waals surface area contributed by atoms with Crippen molar-refractivity contribution in [1.29, 1.82) is 0 Å². The summed E-state index contributed by atoms with van der Waals surface area (Å²) in [5.74, 6) is 0.298. The monoisotopic (exact) mass is 390 g/mol. The van der Waals surface area contributed by atoms with Crippen molar-refractivity contribution in [3.63, 3.8) is 0 Å². The fourth-order valence-corrected chi connectivity index (χ4v) is 4.12. The molecular formula is C21H24Cl2N2O. The van der Waals surface area contributed by atoms with Gasteiger partial charge >= 0.3 is 0 Å². The van der Waals surface area contributed by atoms with Gasteiger partial charge < -0.3 is 10.2 Å². The summed E-state index contributed by atoms with van der Waals surface area (Å²) < 4.78 is 0. The van der Waals surface area contributed by atoms with Crippen LogP contribution in [0.1, 0.15) is 54.0 Å². The van der Waals surface area contributed by atoms with E-state index in [4.69, 9.17) is 23.2 Å². The van der Waals surface area contributed by atoms with Crippen molar-refractivity contribution in [2.45, 2.75) is 38.3 Å². The van der Waals surface area contributed by atoms with Crippen LogP contribution in [-0.2, 0) is 11.3 Å². The molecule has 2 atom stereocenters. The highest BCUT2D eigenvalue weighted by molar-refractivity contribution is 6.42. The number of nitrogens with zero attached hydrogens (tertiary/aromatic N) is 1. The summed E-state index contributed by atoms with van der Waals surface area (Å²) in [7, 11) is 4.24. The maximum absolute atomic E-state index is 11.2. The van der Waals surface area contributed by atoms with Crippen molar-refractivity contribution in [3.8, 4) is 0 Å². The standard InChI is InChI=1S/C21H24Cl2N2O/c1-13(26)24-12-14-4-6-17-16(15-5-8-19(22)20(23)11-15)7-9-21(25(2)3)18(17)10-14/h4-6,8,10-11,16,21H,7,9,12H2,1-3H3,(H,24,26)/t16-,21-/m0/s1. The minimum Gasteiger partial charge on any atom is -0.352 e. The predicted octanol–water partition coefficient (Wildman–Crippen LogP) is 5.16. The van der Waals surface area contributed by atoms with Gasteiger partial charge in [-0.3, -0.25) is 4.79 Å². The van der Waals surface area contributed by atoms with Crippen LogP contribution in [0.25, 0.3) is 0 Å². The highest BCUT2D eigenvalue weighted by Gasteiger charge is 2.29. The van der Waals surface area contributed by atoms with Crippen LogP contribution in [0, 0.1) is 0 Å². The van der Waals surface area contributed by atoms with Crippen LogP contribution in [0.3, 0.4) is 0 Å². The van der Waals surface area contributed by atoms with Crippen molar-refractivity contribution in [2.24, 2.45) is 0 Å². The van der Waals surface area contributed by atoms with Crippen molar-refractivity contribution in [2.75, 3.05) is 14.1 Å². The normalized spacial score (nSPS) is 19.3. The summed E-state index contributed by atoms with van der Waals surface area (Å²) in [6.07, 6.45) is 2.15. The Bertz CT molecular complexity index is 820. The summed E-state index contributed by atoms with van der Waals surface area (Å²) in [4.78, 5) is 13.5. The number of benzene rings is 2. The van der Waals surface area contributed by atoms with Crippen LogP contribution in [0.2, 0.25) is 10.0 Å².